The van der Waals surface area contributed by atoms with Crippen LogP contribution in [0, 0.1) is 20.8 Å². The van der Waals surface area contributed by atoms with Gasteiger partial charge in [-0.2, -0.15) is 0 Å². The van der Waals surface area contributed by atoms with Crippen LogP contribution in [-0.4, -0.2) is 26.6 Å². The second kappa shape index (κ2) is 6.55. The Balaban J connectivity index is 1.81. The minimum atomic E-state index is -0.349. The number of pyridine rings is 1. The first-order valence-corrected chi connectivity index (χ1v) is 8.25. The van der Waals surface area contributed by atoms with E-state index in [9.17, 15) is 9.59 Å². The minimum absolute atomic E-state index is 0.166. The van der Waals surface area contributed by atoms with E-state index in [1.807, 2.05) is 55.2 Å². The van der Waals surface area contributed by atoms with E-state index in [0.717, 1.165) is 22.5 Å². The number of imidazole rings is 1. The highest BCUT2D eigenvalue weighted by Gasteiger charge is 2.14. The number of hydrogen-bond donors (Lipinski definition) is 1. The van der Waals surface area contributed by atoms with Gasteiger partial charge in [-0.1, -0.05) is 11.6 Å². The molecular formula is C19H22N4O2. The molecule has 0 aliphatic rings. The zero-order valence-electron chi connectivity index (χ0n) is 15.0. The number of carbonyl (C=O) groups is 1. The number of benzene rings is 1. The van der Waals surface area contributed by atoms with Crippen molar-refractivity contribution in [3.63, 3.8) is 0 Å². The van der Waals surface area contributed by atoms with Crippen LogP contribution in [0.5, 0.6) is 0 Å². The molecule has 0 bridgehead atoms. The SMILES string of the molecule is Cc1ccc2c(c1)c(=O)c(C(=O)NCCn1cnc(C)c1C)cn2C. The average molecular weight is 338 g/mol. The molecule has 1 aromatic carbocycles. The van der Waals surface area contributed by atoms with Gasteiger partial charge in [-0.15, -0.1) is 0 Å². The smallest absolute Gasteiger partial charge is 0.256 e. The van der Waals surface area contributed by atoms with Gasteiger partial charge in [-0.3, -0.25) is 9.59 Å². The van der Waals surface area contributed by atoms with Gasteiger partial charge in [0, 0.05) is 37.4 Å². The largest absolute Gasteiger partial charge is 0.350 e. The third kappa shape index (κ3) is 3.20. The van der Waals surface area contributed by atoms with E-state index in [4.69, 9.17) is 0 Å². The third-order valence-electron chi connectivity index (χ3n) is 4.57. The van der Waals surface area contributed by atoms with Gasteiger partial charge >= 0.3 is 0 Å². The number of nitrogens with zero attached hydrogens (tertiary/aromatic N) is 3. The number of hydrogen-bond acceptors (Lipinski definition) is 3. The van der Waals surface area contributed by atoms with Crippen LogP contribution >= 0.6 is 0 Å². The summed E-state index contributed by atoms with van der Waals surface area (Å²) in [6.45, 7) is 6.92. The normalized spacial score (nSPS) is 11.0. The molecule has 0 spiro atoms. The molecule has 0 radical (unpaired) electrons. The maximum absolute atomic E-state index is 12.7. The second-order valence-corrected chi connectivity index (χ2v) is 6.37. The molecule has 0 atom stereocenters. The third-order valence-corrected chi connectivity index (χ3v) is 4.57. The topological polar surface area (TPSA) is 68.9 Å². The van der Waals surface area contributed by atoms with Crippen LogP contribution in [0.1, 0.15) is 27.3 Å². The van der Waals surface area contributed by atoms with E-state index < -0.39 is 0 Å². The van der Waals surface area contributed by atoms with Gasteiger partial charge in [0.1, 0.15) is 5.56 Å². The van der Waals surface area contributed by atoms with Gasteiger partial charge in [-0.25, -0.2) is 4.98 Å². The van der Waals surface area contributed by atoms with Crippen molar-refractivity contribution in [3.05, 3.63) is 63.5 Å². The Kier molecular flexibility index (Phi) is 4.44. The van der Waals surface area contributed by atoms with Gasteiger partial charge < -0.3 is 14.5 Å². The molecule has 0 fully saturated rings. The molecule has 2 heterocycles. The second-order valence-electron chi connectivity index (χ2n) is 6.37. The van der Waals surface area contributed by atoms with Crippen LogP contribution in [0.15, 0.2) is 35.5 Å². The van der Waals surface area contributed by atoms with Crippen LogP contribution in [-0.2, 0) is 13.6 Å². The molecular weight excluding hydrogens is 316 g/mol. The van der Waals surface area contributed by atoms with Crippen LogP contribution in [0.25, 0.3) is 10.9 Å². The van der Waals surface area contributed by atoms with Crippen LogP contribution in [0.4, 0.5) is 0 Å². The molecule has 0 aliphatic carbocycles. The van der Waals surface area contributed by atoms with Crippen molar-refractivity contribution in [2.75, 3.05) is 6.54 Å². The zero-order chi connectivity index (χ0) is 18.1. The summed E-state index contributed by atoms with van der Waals surface area (Å²) in [5.74, 6) is -0.349. The van der Waals surface area contributed by atoms with Crippen LogP contribution in [0.2, 0.25) is 0 Å². The molecule has 0 aliphatic heterocycles. The maximum atomic E-state index is 12.7. The Morgan fingerprint density at radius 1 is 1.24 bits per heavy atom. The van der Waals surface area contributed by atoms with Gasteiger partial charge in [0.15, 0.2) is 0 Å². The highest BCUT2D eigenvalue weighted by atomic mass is 16.2. The van der Waals surface area contributed by atoms with Crippen molar-refractivity contribution in [3.8, 4) is 0 Å². The number of aryl methyl sites for hydroxylation is 3. The van der Waals surface area contributed by atoms with E-state index >= 15 is 0 Å². The van der Waals surface area contributed by atoms with Crippen molar-refractivity contribution in [1.29, 1.82) is 0 Å². The van der Waals surface area contributed by atoms with E-state index in [2.05, 4.69) is 10.3 Å². The van der Waals surface area contributed by atoms with Gasteiger partial charge in [-0.05, 0) is 32.9 Å². The standard InChI is InChI=1S/C19H22N4O2/c1-12-5-6-17-15(9-12)18(24)16(10-22(17)4)19(25)20-7-8-23-11-21-13(2)14(23)3/h5-6,9-11H,7-8H2,1-4H3,(H,20,25). The molecule has 0 saturated heterocycles. The lowest BCUT2D eigenvalue weighted by atomic mass is 10.1. The first-order valence-electron chi connectivity index (χ1n) is 8.25. The molecule has 130 valence electrons. The Morgan fingerprint density at radius 3 is 2.68 bits per heavy atom. The number of fused-ring (bicyclic) bond motifs is 1. The van der Waals surface area contributed by atoms with Gasteiger partial charge in [0.2, 0.25) is 5.43 Å². The molecule has 0 unspecified atom stereocenters. The lowest BCUT2D eigenvalue weighted by Gasteiger charge is -2.11. The first-order chi connectivity index (χ1) is 11.9. The fourth-order valence-electron chi connectivity index (χ4n) is 2.92. The number of aromatic nitrogens is 3. The highest BCUT2D eigenvalue weighted by Crippen LogP contribution is 2.13. The summed E-state index contributed by atoms with van der Waals surface area (Å²) in [4.78, 5) is 29.4. The minimum Gasteiger partial charge on any atom is -0.350 e. The summed E-state index contributed by atoms with van der Waals surface area (Å²) in [5.41, 5.74) is 3.80. The Bertz CT molecular complexity index is 1010. The molecule has 25 heavy (non-hydrogen) atoms. The Labute approximate surface area is 146 Å². The van der Waals surface area contributed by atoms with Crippen LogP contribution in [0.3, 0.4) is 0 Å². The number of nitrogens with one attached hydrogen (secondary N) is 1. The van der Waals surface area contributed by atoms with Crippen LogP contribution < -0.4 is 10.7 Å². The Morgan fingerprint density at radius 2 is 2.00 bits per heavy atom. The van der Waals surface area contributed by atoms with E-state index in [0.29, 0.717) is 18.5 Å². The fraction of sp³-hybridized carbons (Fsp3) is 0.316. The summed E-state index contributed by atoms with van der Waals surface area (Å²) in [6, 6.07) is 5.68. The molecule has 1 N–H and O–H groups in total. The summed E-state index contributed by atoms with van der Waals surface area (Å²) < 4.78 is 3.80. The molecule has 3 aromatic rings. The Hall–Kier alpha value is -2.89. The molecule has 3 rings (SSSR count). The monoisotopic (exact) mass is 338 g/mol. The molecule has 6 heteroatoms. The van der Waals surface area contributed by atoms with E-state index in [-0.39, 0.29) is 16.9 Å². The predicted octanol–water partition coefficient (Wildman–Crippen LogP) is 2.09. The number of amides is 1. The van der Waals surface area contributed by atoms with Gasteiger partial charge in [0.05, 0.1) is 17.5 Å². The van der Waals surface area contributed by atoms with Crippen molar-refractivity contribution < 1.29 is 4.79 Å². The molecule has 2 aromatic heterocycles. The summed E-state index contributed by atoms with van der Waals surface area (Å²) in [7, 11) is 1.84. The van der Waals surface area contributed by atoms with Crippen molar-refractivity contribution in [2.45, 2.75) is 27.3 Å². The summed E-state index contributed by atoms with van der Waals surface area (Å²) >= 11 is 0. The fourth-order valence-corrected chi connectivity index (χ4v) is 2.92. The quantitative estimate of drug-likeness (QED) is 0.792. The number of carbonyl (C=O) groups excluding carboxylic acids is 1. The lowest BCUT2D eigenvalue weighted by molar-refractivity contribution is 0.0950. The number of rotatable bonds is 4. The van der Waals surface area contributed by atoms with Crippen molar-refractivity contribution in [1.82, 2.24) is 19.4 Å². The lowest BCUT2D eigenvalue weighted by Crippen LogP contribution is -2.32. The van der Waals surface area contributed by atoms with E-state index in [1.54, 1.807) is 12.5 Å². The van der Waals surface area contributed by atoms with E-state index in [1.165, 1.54) is 0 Å². The maximum Gasteiger partial charge on any atom is 0.256 e. The average Bonchev–Trinajstić information content (AvgIpc) is 2.90. The summed E-state index contributed by atoms with van der Waals surface area (Å²) in [6.07, 6.45) is 3.36. The molecule has 1 amide bonds. The first kappa shape index (κ1) is 17.0. The summed E-state index contributed by atoms with van der Waals surface area (Å²) in [5, 5.41) is 3.40. The molecule has 6 nitrogen and oxygen atoms in total. The molecule has 0 saturated carbocycles. The van der Waals surface area contributed by atoms with Crippen molar-refractivity contribution >= 4 is 16.8 Å². The predicted molar refractivity (Wildman–Crippen MR) is 98.0 cm³/mol. The highest BCUT2D eigenvalue weighted by molar-refractivity contribution is 5.97. The zero-order valence-corrected chi connectivity index (χ0v) is 15.0. The van der Waals surface area contributed by atoms with Crippen molar-refractivity contribution in [2.24, 2.45) is 7.05 Å². The van der Waals surface area contributed by atoms with Gasteiger partial charge in [0.25, 0.3) is 5.91 Å².